The Kier molecular flexibility index (Phi) is 7.33. The Balaban J connectivity index is 1.09. The molecule has 0 bridgehead atoms. The van der Waals surface area contributed by atoms with Gasteiger partial charge in [-0.15, -0.1) is 0 Å². The molecule has 8 nitrogen and oxygen atoms in total. The Morgan fingerprint density at radius 2 is 1.38 bits per heavy atom. The molecular formula is C39H32N4O4. The second kappa shape index (κ2) is 11.7. The lowest BCUT2D eigenvalue weighted by Gasteiger charge is -2.13. The minimum Gasteiger partial charge on any atom is -0.507 e. The van der Waals surface area contributed by atoms with Gasteiger partial charge in [0.1, 0.15) is 5.75 Å². The van der Waals surface area contributed by atoms with Crippen LogP contribution in [0.15, 0.2) is 103 Å². The number of carbonyl (C=O) groups is 3. The van der Waals surface area contributed by atoms with Crippen LogP contribution in [0, 0.1) is 13.8 Å². The Bertz CT molecular complexity index is 2420. The van der Waals surface area contributed by atoms with Crippen molar-refractivity contribution in [1.29, 1.82) is 0 Å². The van der Waals surface area contributed by atoms with Crippen molar-refractivity contribution in [2.75, 3.05) is 10.6 Å². The number of benzene rings is 6. The number of rotatable bonds is 5. The fraction of sp³-hybridized carbons (Fsp3) is 0.103. The third kappa shape index (κ3) is 5.40. The SMILES string of the molecule is CCn1c2ccccc2c2cc(NC(=O)c3cc(C)cc(NC(=O)NC(=O)c4cc5cc6ccccc6cc5c(C)c4O)c3)ccc21. The maximum Gasteiger partial charge on any atom is 0.326 e. The summed E-state index contributed by atoms with van der Waals surface area (Å²) >= 11 is 0. The van der Waals surface area contributed by atoms with E-state index in [-0.39, 0.29) is 17.2 Å². The Hall–Kier alpha value is -6.15. The van der Waals surface area contributed by atoms with Crippen molar-refractivity contribution in [3.63, 3.8) is 0 Å². The second-order valence-corrected chi connectivity index (χ2v) is 11.8. The normalized spacial score (nSPS) is 11.3. The predicted octanol–water partition coefficient (Wildman–Crippen LogP) is 8.66. The van der Waals surface area contributed by atoms with Crippen LogP contribution in [0.5, 0.6) is 5.75 Å². The molecule has 6 aromatic carbocycles. The number of anilines is 2. The molecule has 0 saturated carbocycles. The molecule has 7 aromatic rings. The number of hydrogen-bond donors (Lipinski definition) is 4. The topological polar surface area (TPSA) is 112 Å². The smallest absolute Gasteiger partial charge is 0.326 e. The highest BCUT2D eigenvalue weighted by Gasteiger charge is 2.19. The van der Waals surface area contributed by atoms with Gasteiger partial charge in [-0.1, -0.05) is 42.5 Å². The van der Waals surface area contributed by atoms with E-state index < -0.39 is 11.9 Å². The number of nitrogens with one attached hydrogen (secondary N) is 3. The maximum absolute atomic E-state index is 13.4. The molecule has 4 amide bonds. The molecule has 1 heterocycles. The molecule has 4 N–H and O–H groups in total. The van der Waals surface area contributed by atoms with Crippen LogP contribution >= 0.6 is 0 Å². The number of phenols is 1. The van der Waals surface area contributed by atoms with Gasteiger partial charge in [-0.2, -0.15) is 0 Å². The Morgan fingerprint density at radius 1 is 0.660 bits per heavy atom. The molecule has 0 aliphatic heterocycles. The number of phenolic OH excluding ortho intramolecular Hbond substituents is 1. The van der Waals surface area contributed by atoms with E-state index in [2.05, 4.69) is 39.6 Å². The van der Waals surface area contributed by atoms with Gasteiger partial charge in [0.2, 0.25) is 0 Å². The highest BCUT2D eigenvalue weighted by atomic mass is 16.3. The number of carbonyl (C=O) groups excluding carboxylic acids is 3. The number of amides is 4. The number of imide groups is 1. The molecule has 0 unspecified atom stereocenters. The van der Waals surface area contributed by atoms with E-state index in [0.717, 1.165) is 55.5 Å². The zero-order valence-corrected chi connectivity index (χ0v) is 26.1. The quantitative estimate of drug-likeness (QED) is 0.144. The molecule has 232 valence electrons. The van der Waals surface area contributed by atoms with Gasteiger partial charge in [0, 0.05) is 45.3 Å². The molecule has 0 spiro atoms. The Morgan fingerprint density at radius 3 is 2.17 bits per heavy atom. The summed E-state index contributed by atoms with van der Waals surface area (Å²) in [6, 6.07) is 31.6. The maximum atomic E-state index is 13.4. The summed E-state index contributed by atoms with van der Waals surface area (Å²) in [7, 11) is 0. The third-order valence-electron chi connectivity index (χ3n) is 8.65. The molecule has 1 aromatic heterocycles. The van der Waals surface area contributed by atoms with E-state index in [4.69, 9.17) is 0 Å². The third-order valence-corrected chi connectivity index (χ3v) is 8.65. The molecule has 0 aliphatic carbocycles. The number of para-hydroxylation sites is 1. The van der Waals surface area contributed by atoms with Crippen LogP contribution in [0.1, 0.15) is 38.8 Å². The number of aromatic nitrogens is 1. The molecular weight excluding hydrogens is 588 g/mol. The number of fused-ring (bicyclic) bond motifs is 5. The van der Waals surface area contributed by atoms with E-state index in [1.54, 1.807) is 31.2 Å². The minimum absolute atomic E-state index is 0.0104. The van der Waals surface area contributed by atoms with Gasteiger partial charge in [-0.05, 0) is 114 Å². The second-order valence-electron chi connectivity index (χ2n) is 11.8. The first-order valence-electron chi connectivity index (χ1n) is 15.4. The number of aryl methyl sites for hydroxylation is 3. The van der Waals surface area contributed by atoms with Crippen molar-refractivity contribution in [3.05, 3.63) is 125 Å². The van der Waals surface area contributed by atoms with Crippen LogP contribution in [-0.2, 0) is 6.54 Å². The number of nitrogens with zero attached hydrogens (tertiary/aromatic N) is 1. The van der Waals surface area contributed by atoms with Gasteiger partial charge in [0.25, 0.3) is 11.8 Å². The average molecular weight is 621 g/mol. The molecule has 0 saturated heterocycles. The van der Waals surface area contributed by atoms with E-state index in [0.29, 0.717) is 22.5 Å². The van der Waals surface area contributed by atoms with Gasteiger partial charge in [0.05, 0.1) is 5.56 Å². The lowest BCUT2D eigenvalue weighted by Crippen LogP contribution is -2.34. The summed E-state index contributed by atoms with van der Waals surface area (Å²) in [6.07, 6.45) is 0. The zero-order valence-electron chi connectivity index (χ0n) is 26.1. The number of hydrogen-bond acceptors (Lipinski definition) is 4. The standard InChI is InChI=1S/C39H32N4O4/c1-4-43-34-12-8-7-11-30(34)32-21-28(13-14-35(32)43)40-37(45)27-15-22(2)16-29(18-27)41-39(47)42-38(46)33-20-26-17-24-9-5-6-10-25(24)19-31(26)23(3)36(33)44/h5-21,44H,4H2,1-3H3,(H,40,45)(H2,41,42,46,47). The monoisotopic (exact) mass is 620 g/mol. The molecule has 47 heavy (non-hydrogen) atoms. The first-order valence-corrected chi connectivity index (χ1v) is 15.4. The highest BCUT2D eigenvalue weighted by Crippen LogP contribution is 2.34. The summed E-state index contributed by atoms with van der Waals surface area (Å²) in [5, 5.41) is 24.6. The summed E-state index contributed by atoms with van der Waals surface area (Å²) in [5.74, 6) is -1.27. The van der Waals surface area contributed by atoms with Gasteiger partial charge in [0.15, 0.2) is 0 Å². The number of aromatic hydroxyl groups is 1. The van der Waals surface area contributed by atoms with E-state index >= 15 is 0 Å². The van der Waals surface area contributed by atoms with Crippen molar-refractivity contribution in [1.82, 2.24) is 9.88 Å². The van der Waals surface area contributed by atoms with Gasteiger partial charge >= 0.3 is 6.03 Å². The van der Waals surface area contributed by atoms with Crippen LogP contribution < -0.4 is 16.0 Å². The van der Waals surface area contributed by atoms with Crippen molar-refractivity contribution in [3.8, 4) is 5.75 Å². The van der Waals surface area contributed by atoms with Crippen LogP contribution in [0.25, 0.3) is 43.4 Å². The van der Waals surface area contributed by atoms with Crippen LogP contribution in [0.3, 0.4) is 0 Å². The highest BCUT2D eigenvalue weighted by molar-refractivity contribution is 6.14. The van der Waals surface area contributed by atoms with Crippen LogP contribution in [0.4, 0.5) is 16.2 Å². The minimum atomic E-state index is -0.791. The molecule has 0 atom stereocenters. The summed E-state index contributed by atoms with van der Waals surface area (Å²) in [6.45, 7) is 6.49. The first-order chi connectivity index (χ1) is 22.7. The average Bonchev–Trinajstić information content (AvgIpc) is 3.38. The largest absolute Gasteiger partial charge is 0.507 e. The summed E-state index contributed by atoms with van der Waals surface area (Å²) in [5.41, 5.74) is 4.85. The summed E-state index contributed by atoms with van der Waals surface area (Å²) in [4.78, 5) is 39.5. The van der Waals surface area contributed by atoms with Crippen LogP contribution in [0.2, 0.25) is 0 Å². The Labute approximate surface area is 270 Å². The van der Waals surface area contributed by atoms with Crippen molar-refractivity contribution < 1.29 is 19.5 Å². The molecule has 8 heteroatoms. The van der Waals surface area contributed by atoms with E-state index in [1.807, 2.05) is 73.7 Å². The summed E-state index contributed by atoms with van der Waals surface area (Å²) < 4.78 is 2.24. The number of urea groups is 1. The van der Waals surface area contributed by atoms with Crippen molar-refractivity contribution in [2.45, 2.75) is 27.3 Å². The molecule has 0 aliphatic rings. The van der Waals surface area contributed by atoms with Crippen molar-refractivity contribution >= 4 is 72.6 Å². The fourth-order valence-electron chi connectivity index (χ4n) is 6.42. The van der Waals surface area contributed by atoms with Gasteiger partial charge in [-0.3, -0.25) is 14.9 Å². The molecule has 0 fully saturated rings. The van der Waals surface area contributed by atoms with Gasteiger partial charge < -0.3 is 20.3 Å². The molecule has 7 rings (SSSR count). The first kappa shape index (κ1) is 29.6. The van der Waals surface area contributed by atoms with E-state index in [9.17, 15) is 19.5 Å². The lowest BCUT2D eigenvalue weighted by atomic mass is 9.96. The van der Waals surface area contributed by atoms with Crippen molar-refractivity contribution in [2.24, 2.45) is 0 Å². The van der Waals surface area contributed by atoms with E-state index in [1.165, 1.54) is 0 Å². The zero-order chi connectivity index (χ0) is 32.8. The molecule has 0 radical (unpaired) electrons. The van der Waals surface area contributed by atoms with Gasteiger partial charge in [-0.25, -0.2) is 4.79 Å². The lowest BCUT2D eigenvalue weighted by molar-refractivity contribution is 0.0963. The van der Waals surface area contributed by atoms with Crippen LogP contribution in [-0.4, -0.2) is 27.5 Å². The predicted molar refractivity (Wildman–Crippen MR) is 189 cm³/mol. The fourth-order valence-corrected chi connectivity index (χ4v) is 6.42.